The second kappa shape index (κ2) is 5.31. The van der Waals surface area contributed by atoms with E-state index in [1.165, 1.54) is 6.07 Å². The number of aromatic nitrogens is 2. The first-order chi connectivity index (χ1) is 8.20. The molecule has 5 heteroatoms. The Balaban J connectivity index is 2.20. The van der Waals surface area contributed by atoms with Crippen molar-refractivity contribution in [3.63, 3.8) is 0 Å². The van der Waals surface area contributed by atoms with Gasteiger partial charge in [0.2, 0.25) is 0 Å². The van der Waals surface area contributed by atoms with Crippen molar-refractivity contribution >= 4 is 21.6 Å². The Morgan fingerprint density at radius 2 is 2.29 bits per heavy atom. The quantitative estimate of drug-likeness (QED) is 0.939. The SMILES string of the molecule is CCN(Cc1cnc[nH]1)c1ccc(F)c(Br)c1. The highest BCUT2D eigenvalue weighted by Crippen LogP contribution is 2.23. The van der Waals surface area contributed by atoms with E-state index < -0.39 is 0 Å². The molecule has 0 fully saturated rings. The van der Waals surface area contributed by atoms with Gasteiger partial charge in [0.25, 0.3) is 0 Å². The number of aromatic amines is 1. The maximum atomic E-state index is 13.2. The number of H-pyrrole nitrogens is 1. The number of benzene rings is 1. The summed E-state index contributed by atoms with van der Waals surface area (Å²) in [5.74, 6) is -0.244. The molecule has 1 aromatic carbocycles. The smallest absolute Gasteiger partial charge is 0.137 e. The molecule has 0 aliphatic heterocycles. The minimum absolute atomic E-state index is 0.244. The molecule has 90 valence electrons. The second-order valence-corrected chi connectivity index (χ2v) is 4.54. The normalized spacial score (nSPS) is 10.5. The number of anilines is 1. The number of nitrogens with one attached hydrogen (secondary N) is 1. The topological polar surface area (TPSA) is 31.9 Å². The van der Waals surface area contributed by atoms with Gasteiger partial charge in [0.05, 0.1) is 23.0 Å². The van der Waals surface area contributed by atoms with Crippen LogP contribution in [0.1, 0.15) is 12.6 Å². The number of hydrogen-bond donors (Lipinski definition) is 1. The van der Waals surface area contributed by atoms with Gasteiger partial charge in [0, 0.05) is 18.4 Å². The van der Waals surface area contributed by atoms with Gasteiger partial charge in [0.15, 0.2) is 0 Å². The first-order valence-electron chi connectivity index (χ1n) is 5.38. The summed E-state index contributed by atoms with van der Waals surface area (Å²) < 4.78 is 13.6. The van der Waals surface area contributed by atoms with Crippen molar-refractivity contribution in [2.45, 2.75) is 13.5 Å². The standard InChI is InChI=1S/C12H13BrFN3/c1-2-17(7-9-6-15-8-16-9)10-3-4-12(14)11(13)5-10/h3-6,8H,2,7H2,1H3,(H,15,16). The molecule has 17 heavy (non-hydrogen) atoms. The molecule has 2 rings (SSSR count). The van der Waals surface area contributed by atoms with Crippen molar-refractivity contribution in [3.8, 4) is 0 Å². The van der Waals surface area contributed by atoms with Crippen molar-refractivity contribution in [1.29, 1.82) is 0 Å². The van der Waals surface area contributed by atoms with Crippen LogP contribution in [0.4, 0.5) is 10.1 Å². The molecule has 0 saturated heterocycles. The lowest BCUT2D eigenvalue weighted by atomic mass is 10.2. The third-order valence-corrected chi connectivity index (χ3v) is 3.17. The lowest BCUT2D eigenvalue weighted by molar-refractivity contribution is 0.620. The average Bonchev–Trinajstić information content (AvgIpc) is 2.82. The third-order valence-electron chi connectivity index (χ3n) is 2.57. The molecule has 0 saturated carbocycles. The van der Waals surface area contributed by atoms with Crippen molar-refractivity contribution in [2.75, 3.05) is 11.4 Å². The van der Waals surface area contributed by atoms with Gasteiger partial charge >= 0.3 is 0 Å². The number of nitrogens with zero attached hydrogens (tertiary/aromatic N) is 2. The third kappa shape index (κ3) is 2.85. The summed E-state index contributed by atoms with van der Waals surface area (Å²) in [5, 5.41) is 0. The highest BCUT2D eigenvalue weighted by Gasteiger charge is 2.08. The molecule has 3 nitrogen and oxygen atoms in total. The number of imidazole rings is 1. The first kappa shape index (κ1) is 12.1. The van der Waals surface area contributed by atoms with Crippen LogP contribution in [0.3, 0.4) is 0 Å². The minimum Gasteiger partial charge on any atom is -0.366 e. The van der Waals surface area contributed by atoms with Crippen LogP contribution in [-0.2, 0) is 6.54 Å². The van der Waals surface area contributed by atoms with Crippen molar-refractivity contribution in [1.82, 2.24) is 9.97 Å². The zero-order chi connectivity index (χ0) is 12.3. The molecular formula is C12H13BrFN3. The largest absolute Gasteiger partial charge is 0.366 e. The number of rotatable bonds is 4. The van der Waals surface area contributed by atoms with E-state index in [0.29, 0.717) is 4.47 Å². The second-order valence-electron chi connectivity index (χ2n) is 3.69. The van der Waals surface area contributed by atoms with Crippen molar-refractivity contribution in [3.05, 3.63) is 46.7 Å². The Bertz CT molecular complexity index is 485. The molecule has 0 atom stereocenters. The molecule has 0 unspecified atom stereocenters. The molecule has 1 aromatic heterocycles. The van der Waals surface area contributed by atoms with E-state index >= 15 is 0 Å². The fourth-order valence-corrected chi connectivity index (χ4v) is 2.01. The van der Waals surface area contributed by atoms with E-state index in [4.69, 9.17) is 0 Å². The predicted molar refractivity (Wildman–Crippen MR) is 69.4 cm³/mol. The molecule has 0 aliphatic carbocycles. The van der Waals surface area contributed by atoms with Crippen LogP contribution in [0.25, 0.3) is 0 Å². The Kier molecular flexibility index (Phi) is 3.78. The van der Waals surface area contributed by atoms with Crippen LogP contribution >= 0.6 is 15.9 Å². The highest BCUT2D eigenvalue weighted by molar-refractivity contribution is 9.10. The van der Waals surface area contributed by atoms with Crippen LogP contribution in [-0.4, -0.2) is 16.5 Å². The van der Waals surface area contributed by atoms with Crippen LogP contribution in [0.15, 0.2) is 35.2 Å². The van der Waals surface area contributed by atoms with Gasteiger partial charge in [-0.3, -0.25) is 0 Å². The summed E-state index contributed by atoms with van der Waals surface area (Å²) in [5.41, 5.74) is 2.02. The molecule has 1 heterocycles. The lowest BCUT2D eigenvalue weighted by Gasteiger charge is -2.22. The zero-order valence-corrected chi connectivity index (χ0v) is 11.0. The summed E-state index contributed by atoms with van der Waals surface area (Å²) in [4.78, 5) is 9.18. The van der Waals surface area contributed by atoms with Crippen LogP contribution < -0.4 is 4.90 Å². The summed E-state index contributed by atoms with van der Waals surface area (Å²) >= 11 is 3.20. The fourth-order valence-electron chi connectivity index (χ4n) is 1.64. The fraction of sp³-hybridized carbons (Fsp3) is 0.250. The number of halogens is 2. The lowest BCUT2D eigenvalue weighted by Crippen LogP contribution is -2.22. The summed E-state index contributed by atoms with van der Waals surface area (Å²) in [6.07, 6.45) is 3.45. The highest BCUT2D eigenvalue weighted by atomic mass is 79.9. The maximum absolute atomic E-state index is 13.2. The Labute approximate surface area is 108 Å². The van der Waals surface area contributed by atoms with E-state index in [2.05, 4.69) is 37.7 Å². The van der Waals surface area contributed by atoms with Gasteiger partial charge in [-0.2, -0.15) is 0 Å². The molecule has 0 amide bonds. The molecule has 1 N–H and O–H groups in total. The molecule has 0 bridgehead atoms. The summed E-state index contributed by atoms with van der Waals surface area (Å²) in [6.45, 7) is 3.64. The van der Waals surface area contributed by atoms with Crippen molar-refractivity contribution in [2.24, 2.45) is 0 Å². The molecular weight excluding hydrogens is 285 g/mol. The summed E-state index contributed by atoms with van der Waals surface area (Å²) in [7, 11) is 0. The first-order valence-corrected chi connectivity index (χ1v) is 6.17. The van der Waals surface area contributed by atoms with Crippen LogP contribution in [0.2, 0.25) is 0 Å². The Morgan fingerprint density at radius 1 is 1.47 bits per heavy atom. The summed E-state index contributed by atoms with van der Waals surface area (Å²) in [6, 6.07) is 5.03. The van der Waals surface area contributed by atoms with E-state index in [1.807, 2.05) is 0 Å². The average molecular weight is 298 g/mol. The molecule has 0 aliphatic rings. The molecule has 0 spiro atoms. The van der Waals surface area contributed by atoms with Gasteiger partial charge in [-0.05, 0) is 41.1 Å². The van der Waals surface area contributed by atoms with Crippen molar-refractivity contribution < 1.29 is 4.39 Å². The van der Waals surface area contributed by atoms with Gasteiger partial charge < -0.3 is 9.88 Å². The predicted octanol–water partition coefficient (Wildman–Crippen LogP) is 3.34. The van der Waals surface area contributed by atoms with Crippen LogP contribution in [0, 0.1) is 5.82 Å². The maximum Gasteiger partial charge on any atom is 0.137 e. The van der Waals surface area contributed by atoms with Gasteiger partial charge in [-0.15, -0.1) is 0 Å². The monoisotopic (exact) mass is 297 g/mol. The minimum atomic E-state index is -0.244. The van der Waals surface area contributed by atoms with E-state index in [1.54, 1.807) is 24.7 Å². The molecule has 2 aromatic rings. The van der Waals surface area contributed by atoms with Gasteiger partial charge in [0.1, 0.15) is 5.82 Å². The van der Waals surface area contributed by atoms with E-state index in [-0.39, 0.29) is 5.82 Å². The van der Waals surface area contributed by atoms with E-state index in [0.717, 1.165) is 24.5 Å². The number of hydrogen-bond acceptors (Lipinski definition) is 2. The van der Waals surface area contributed by atoms with Gasteiger partial charge in [-0.1, -0.05) is 0 Å². The van der Waals surface area contributed by atoms with Gasteiger partial charge in [-0.25, -0.2) is 9.37 Å². The van der Waals surface area contributed by atoms with Crippen LogP contribution in [0.5, 0.6) is 0 Å². The van der Waals surface area contributed by atoms with E-state index in [9.17, 15) is 4.39 Å². The Hall–Kier alpha value is -1.36. The zero-order valence-electron chi connectivity index (χ0n) is 9.45. The molecule has 0 radical (unpaired) electrons. The Morgan fingerprint density at radius 3 is 2.88 bits per heavy atom.